The van der Waals surface area contributed by atoms with Crippen molar-refractivity contribution < 1.29 is 9.53 Å². The van der Waals surface area contributed by atoms with Crippen LogP contribution in [0, 0.1) is 6.92 Å². The highest BCUT2D eigenvalue weighted by molar-refractivity contribution is 6.42. The summed E-state index contributed by atoms with van der Waals surface area (Å²) in [4.78, 5) is 11.5. The maximum absolute atomic E-state index is 11.5. The molecule has 0 bridgehead atoms. The third-order valence-corrected chi connectivity index (χ3v) is 3.44. The summed E-state index contributed by atoms with van der Waals surface area (Å²) in [7, 11) is 0. The largest absolute Gasteiger partial charge is 0.452 e. The third kappa shape index (κ3) is 4.25. The van der Waals surface area contributed by atoms with Gasteiger partial charge in [-0.05, 0) is 48.4 Å². The lowest BCUT2D eigenvalue weighted by atomic mass is 10.2. The number of halogens is 2. The van der Waals surface area contributed by atoms with E-state index >= 15 is 0 Å². The Morgan fingerprint density at radius 3 is 2.52 bits per heavy atom. The number of hydrogen-bond acceptors (Lipinski definition) is 2. The second-order valence-electron chi connectivity index (χ2n) is 4.46. The highest BCUT2D eigenvalue weighted by Gasteiger charge is 2.09. The van der Waals surface area contributed by atoms with E-state index in [0.717, 1.165) is 5.56 Å². The molecule has 0 spiro atoms. The quantitative estimate of drug-likeness (QED) is 0.677. The van der Waals surface area contributed by atoms with Crippen molar-refractivity contribution in [2.24, 2.45) is 5.73 Å². The van der Waals surface area contributed by atoms with Gasteiger partial charge in [0, 0.05) is 0 Å². The number of hydrogen-bond donors (Lipinski definition) is 1. The van der Waals surface area contributed by atoms with Gasteiger partial charge in [0.25, 0.3) is 5.91 Å². The molecule has 108 valence electrons. The minimum absolute atomic E-state index is 0.0268. The number of carbonyl (C=O) groups excluding carboxylic acids is 1. The first-order valence-electron chi connectivity index (χ1n) is 6.17. The molecule has 0 aliphatic rings. The summed E-state index contributed by atoms with van der Waals surface area (Å²) in [6.45, 7) is 1.93. The van der Waals surface area contributed by atoms with Crippen molar-refractivity contribution in [2.45, 2.75) is 6.92 Å². The molecule has 0 radical (unpaired) electrons. The maximum Gasteiger partial charge on any atom is 0.284 e. The number of ether oxygens (including phenoxy) is 1. The van der Waals surface area contributed by atoms with Crippen LogP contribution in [0.2, 0.25) is 10.0 Å². The van der Waals surface area contributed by atoms with Crippen LogP contribution in [-0.2, 0) is 4.79 Å². The Balaban J connectivity index is 2.32. The Kier molecular flexibility index (Phi) is 4.89. The zero-order valence-electron chi connectivity index (χ0n) is 11.3. The Morgan fingerprint density at radius 1 is 1.14 bits per heavy atom. The second kappa shape index (κ2) is 6.66. The van der Waals surface area contributed by atoms with Crippen LogP contribution in [0.25, 0.3) is 6.08 Å². The fraction of sp³-hybridized carbons (Fsp3) is 0.0625. The topological polar surface area (TPSA) is 52.3 Å². The number of primary amides is 1. The average molecular weight is 322 g/mol. The summed E-state index contributed by atoms with van der Waals surface area (Å²) in [6, 6.07) is 12.3. The number of aryl methyl sites for hydroxylation is 1. The predicted molar refractivity (Wildman–Crippen MR) is 85.4 cm³/mol. The molecule has 0 atom stereocenters. The van der Waals surface area contributed by atoms with Crippen LogP contribution in [0.1, 0.15) is 11.1 Å². The molecule has 1 amide bonds. The van der Waals surface area contributed by atoms with Crippen molar-refractivity contribution in [1.82, 2.24) is 0 Å². The van der Waals surface area contributed by atoms with Gasteiger partial charge in [0.1, 0.15) is 5.75 Å². The first-order valence-corrected chi connectivity index (χ1v) is 6.92. The number of nitrogens with two attached hydrogens (primary N) is 1. The molecule has 2 N–H and O–H groups in total. The summed E-state index contributed by atoms with van der Waals surface area (Å²) in [6.07, 6.45) is 1.52. The molecule has 0 saturated carbocycles. The molecule has 0 fully saturated rings. The zero-order chi connectivity index (χ0) is 15.4. The highest BCUT2D eigenvalue weighted by atomic mass is 35.5. The molecule has 2 aromatic rings. The smallest absolute Gasteiger partial charge is 0.284 e. The van der Waals surface area contributed by atoms with Gasteiger partial charge in [-0.2, -0.15) is 0 Å². The average Bonchev–Trinajstić information content (AvgIpc) is 2.42. The normalized spacial score (nSPS) is 11.3. The van der Waals surface area contributed by atoms with Crippen molar-refractivity contribution in [2.75, 3.05) is 0 Å². The van der Waals surface area contributed by atoms with E-state index in [9.17, 15) is 4.79 Å². The highest BCUT2D eigenvalue weighted by Crippen LogP contribution is 2.24. The van der Waals surface area contributed by atoms with Gasteiger partial charge in [0.2, 0.25) is 0 Å². The lowest BCUT2D eigenvalue weighted by Crippen LogP contribution is -2.18. The summed E-state index contributed by atoms with van der Waals surface area (Å²) in [5.41, 5.74) is 7.04. The first-order chi connectivity index (χ1) is 9.95. The van der Waals surface area contributed by atoms with Gasteiger partial charge in [-0.3, -0.25) is 4.79 Å². The van der Waals surface area contributed by atoms with Crippen LogP contribution in [0.15, 0.2) is 48.2 Å². The summed E-state index contributed by atoms with van der Waals surface area (Å²) < 4.78 is 5.54. The van der Waals surface area contributed by atoms with Crippen LogP contribution in [0.4, 0.5) is 0 Å². The second-order valence-corrected chi connectivity index (χ2v) is 5.28. The fourth-order valence-electron chi connectivity index (χ4n) is 1.71. The van der Waals surface area contributed by atoms with Gasteiger partial charge in [-0.15, -0.1) is 0 Å². The van der Waals surface area contributed by atoms with E-state index in [0.29, 0.717) is 21.4 Å². The molecule has 21 heavy (non-hydrogen) atoms. The Hall–Kier alpha value is -1.97. The number of carbonyl (C=O) groups is 1. The van der Waals surface area contributed by atoms with Gasteiger partial charge in [0.15, 0.2) is 5.76 Å². The standard InChI is InChI=1S/C16H13Cl2NO2/c1-10-3-2-4-12(7-10)21-15(16(19)20)9-11-5-6-13(17)14(18)8-11/h2-9H,1H3,(H2,19,20)/b15-9-. The van der Waals surface area contributed by atoms with Crippen molar-refractivity contribution in [3.05, 3.63) is 69.4 Å². The summed E-state index contributed by atoms with van der Waals surface area (Å²) in [5, 5.41) is 0.832. The van der Waals surface area contributed by atoms with E-state index in [1.54, 1.807) is 24.3 Å². The third-order valence-electron chi connectivity index (χ3n) is 2.70. The SMILES string of the molecule is Cc1cccc(O/C(=C\c2ccc(Cl)c(Cl)c2)C(N)=O)c1. The van der Waals surface area contributed by atoms with Crippen molar-refractivity contribution in [1.29, 1.82) is 0 Å². The summed E-state index contributed by atoms with van der Waals surface area (Å²) in [5.74, 6) is -0.0957. The Labute approximate surface area is 132 Å². The molecule has 0 heterocycles. The minimum Gasteiger partial charge on any atom is -0.452 e. The van der Waals surface area contributed by atoms with E-state index in [-0.39, 0.29) is 5.76 Å². The molecule has 0 aliphatic carbocycles. The van der Waals surface area contributed by atoms with E-state index in [1.165, 1.54) is 6.08 Å². The Bertz CT molecular complexity index is 711. The minimum atomic E-state index is -0.664. The van der Waals surface area contributed by atoms with E-state index in [1.807, 2.05) is 25.1 Å². The fourth-order valence-corrected chi connectivity index (χ4v) is 2.02. The van der Waals surface area contributed by atoms with Gasteiger partial charge >= 0.3 is 0 Å². The van der Waals surface area contributed by atoms with Gasteiger partial charge < -0.3 is 10.5 Å². The molecule has 0 aromatic heterocycles. The van der Waals surface area contributed by atoms with Crippen LogP contribution < -0.4 is 10.5 Å². The van der Waals surface area contributed by atoms with Gasteiger partial charge in [-0.1, -0.05) is 41.4 Å². The van der Waals surface area contributed by atoms with Crippen LogP contribution >= 0.6 is 23.2 Å². The molecule has 2 aromatic carbocycles. The van der Waals surface area contributed by atoms with Crippen molar-refractivity contribution >= 4 is 35.2 Å². The lowest BCUT2D eigenvalue weighted by molar-refractivity contribution is -0.116. The van der Waals surface area contributed by atoms with Crippen molar-refractivity contribution in [3.8, 4) is 5.75 Å². The molecule has 3 nitrogen and oxygen atoms in total. The van der Waals surface area contributed by atoms with E-state index in [4.69, 9.17) is 33.7 Å². The monoisotopic (exact) mass is 321 g/mol. The molecule has 5 heteroatoms. The molecule has 0 saturated heterocycles. The Morgan fingerprint density at radius 2 is 1.90 bits per heavy atom. The van der Waals surface area contributed by atoms with Crippen molar-refractivity contribution in [3.63, 3.8) is 0 Å². The molecular weight excluding hydrogens is 309 g/mol. The van der Waals surface area contributed by atoms with Crippen LogP contribution in [0.5, 0.6) is 5.75 Å². The van der Waals surface area contributed by atoms with Gasteiger partial charge in [0.05, 0.1) is 10.0 Å². The first kappa shape index (κ1) is 15.4. The molecule has 0 unspecified atom stereocenters. The predicted octanol–water partition coefficient (Wildman–Crippen LogP) is 4.21. The molecule has 2 rings (SSSR count). The maximum atomic E-state index is 11.5. The van der Waals surface area contributed by atoms with Crippen LogP contribution in [0.3, 0.4) is 0 Å². The van der Waals surface area contributed by atoms with Gasteiger partial charge in [-0.25, -0.2) is 0 Å². The number of rotatable bonds is 4. The van der Waals surface area contributed by atoms with E-state index < -0.39 is 5.91 Å². The number of amides is 1. The van der Waals surface area contributed by atoms with E-state index in [2.05, 4.69) is 0 Å². The molecular formula is C16H13Cl2NO2. The molecule has 0 aliphatic heterocycles. The van der Waals surface area contributed by atoms with Crippen LogP contribution in [-0.4, -0.2) is 5.91 Å². The lowest BCUT2D eigenvalue weighted by Gasteiger charge is -2.08. The number of benzene rings is 2. The zero-order valence-corrected chi connectivity index (χ0v) is 12.8. The summed E-state index contributed by atoms with van der Waals surface area (Å²) >= 11 is 11.8.